The smallest absolute Gasteiger partial charge is 0.416 e. The number of carbonyl (C=O) groups is 1. The molecule has 3 rings (SSSR count). The van der Waals surface area contributed by atoms with E-state index in [1.165, 1.54) is 18.3 Å². The molecule has 2 aromatic carbocycles. The van der Waals surface area contributed by atoms with E-state index in [1.54, 1.807) is 12.3 Å². The van der Waals surface area contributed by atoms with Crippen LogP contribution in [0.3, 0.4) is 0 Å². The fraction of sp³-hybridized carbons (Fsp3) is 0.292. The van der Waals surface area contributed by atoms with Crippen LogP contribution in [-0.4, -0.2) is 29.1 Å². The van der Waals surface area contributed by atoms with Crippen molar-refractivity contribution in [2.24, 2.45) is 0 Å². The van der Waals surface area contributed by atoms with Crippen molar-refractivity contribution in [2.45, 2.75) is 33.0 Å². The van der Waals surface area contributed by atoms with Crippen LogP contribution in [0.5, 0.6) is 5.75 Å². The van der Waals surface area contributed by atoms with E-state index in [1.807, 2.05) is 30.9 Å². The number of hydrogen-bond acceptors (Lipinski definition) is 6. The lowest BCUT2D eigenvalue weighted by atomic mass is 10.1. The highest BCUT2D eigenvalue weighted by atomic mass is 19.4. The maximum atomic E-state index is 12.8. The summed E-state index contributed by atoms with van der Waals surface area (Å²) in [6.45, 7) is 4.54. The van der Waals surface area contributed by atoms with Gasteiger partial charge in [-0.25, -0.2) is 4.98 Å². The predicted octanol–water partition coefficient (Wildman–Crippen LogP) is 4.02. The van der Waals surface area contributed by atoms with Crippen molar-refractivity contribution in [3.63, 3.8) is 0 Å². The van der Waals surface area contributed by atoms with Crippen molar-refractivity contribution in [1.29, 1.82) is 0 Å². The van der Waals surface area contributed by atoms with Gasteiger partial charge in [0.15, 0.2) is 0 Å². The summed E-state index contributed by atoms with van der Waals surface area (Å²) in [6, 6.07) is 10.3. The number of carboxylic acid groups (broad SMARTS) is 1. The van der Waals surface area contributed by atoms with Crippen LogP contribution < -0.4 is 14.7 Å². The summed E-state index contributed by atoms with van der Waals surface area (Å²) in [5.74, 6) is -0.225. The highest BCUT2D eigenvalue weighted by Crippen LogP contribution is 2.31. The Morgan fingerprint density at radius 2 is 1.85 bits per heavy atom. The molecule has 1 aromatic heterocycles. The number of carbonyl (C=O) groups excluding carboxylic acids is 1. The maximum Gasteiger partial charge on any atom is 0.416 e. The summed E-state index contributed by atoms with van der Waals surface area (Å²) in [4.78, 5) is 21.5. The van der Waals surface area contributed by atoms with Gasteiger partial charge in [0.25, 0.3) is 0 Å². The summed E-state index contributed by atoms with van der Waals surface area (Å²) in [7, 11) is 0. The van der Waals surface area contributed by atoms with E-state index < -0.39 is 24.3 Å². The van der Waals surface area contributed by atoms with E-state index in [0.717, 1.165) is 29.7 Å². The molecule has 9 heteroatoms. The summed E-state index contributed by atoms with van der Waals surface area (Å²) < 4.78 is 43.7. The Kier molecular flexibility index (Phi) is 7.52. The van der Waals surface area contributed by atoms with Crippen LogP contribution in [0.25, 0.3) is 11.3 Å². The van der Waals surface area contributed by atoms with Gasteiger partial charge in [-0.1, -0.05) is 31.2 Å². The van der Waals surface area contributed by atoms with Crippen LogP contribution in [0.1, 0.15) is 30.0 Å². The fourth-order valence-corrected chi connectivity index (χ4v) is 3.35. The molecule has 1 heterocycles. The first-order valence-electron chi connectivity index (χ1n) is 10.3. The number of ether oxygens (including phenoxy) is 1. The average molecular weight is 458 g/mol. The normalized spacial score (nSPS) is 11.3. The number of benzene rings is 2. The number of carboxylic acids is 1. The molecule has 0 atom stereocenters. The minimum Gasteiger partial charge on any atom is -0.546 e. The van der Waals surface area contributed by atoms with E-state index in [0.29, 0.717) is 35.9 Å². The molecule has 174 valence electrons. The highest BCUT2D eigenvalue weighted by molar-refractivity contribution is 5.66. The van der Waals surface area contributed by atoms with Gasteiger partial charge < -0.3 is 19.5 Å². The van der Waals surface area contributed by atoms with Gasteiger partial charge in [0, 0.05) is 18.7 Å². The molecule has 0 aliphatic rings. The van der Waals surface area contributed by atoms with Gasteiger partial charge in [0.1, 0.15) is 18.2 Å². The zero-order valence-electron chi connectivity index (χ0n) is 18.2. The minimum absolute atomic E-state index is 0.467. The number of aromatic nitrogens is 2. The molecular weight excluding hydrogens is 435 g/mol. The molecule has 0 aliphatic heterocycles. The van der Waals surface area contributed by atoms with E-state index >= 15 is 0 Å². The number of hydrogen-bond donors (Lipinski definition) is 0. The lowest BCUT2D eigenvalue weighted by Gasteiger charge is -2.24. The van der Waals surface area contributed by atoms with Crippen molar-refractivity contribution in [2.75, 3.05) is 18.1 Å². The molecule has 0 saturated carbocycles. The predicted molar refractivity (Wildman–Crippen MR) is 115 cm³/mol. The molecule has 6 nitrogen and oxygen atoms in total. The molecule has 33 heavy (non-hydrogen) atoms. The number of rotatable bonds is 9. The second-order valence-corrected chi connectivity index (χ2v) is 7.52. The lowest BCUT2D eigenvalue weighted by Crippen LogP contribution is -2.29. The highest BCUT2D eigenvalue weighted by Gasteiger charge is 2.30. The fourth-order valence-electron chi connectivity index (χ4n) is 3.35. The summed E-state index contributed by atoms with van der Waals surface area (Å²) in [5.41, 5.74) is 2.05. The van der Waals surface area contributed by atoms with E-state index in [-0.39, 0.29) is 0 Å². The Bertz CT molecular complexity index is 1100. The van der Waals surface area contributed by atoms with E-state index in [2.05, 4.69) is 9.97 Å². The van der Waals surface area contributed by atoms with E-state index in [9.17, 15) is 23.1 Å². The molecule has 0 unspecified atom stereocenters. The second kappa shape index (κ2) is 10.3. The van der Waals surface area contributed by atoms with Gasteiger partial charge in [0.2, 0.25) is 0 Å². The molecule has 0 aliphatic carbocycles. The standard InChI is InChI=1S/C24H24F3N3O3/c1-3-10-30(14-17-4-9-21(16(2)11-17)33-15-23(31)32)22-13-28-12-20(29-22)18-5-7-19(8-6-18)24(25,26)27/h4-9,11-13H,3,10,14-15H2,1-2H3,(H,31,32)/p-1. The largest absolute Gasteiger partial charge is 0.546 e. The number of nitrogens with zero attached hydrogens (tertiary/aromatic N) is 3. The number of aliphatic carboxylic acids is 1. The lowest BCUT2D eigenvalue weighted by molar-refractivity contribution is -0.307. The SMILES string of the molecule is CCCN(Cc1ccc(OCC(=O)[O-])c(C)c1)c1cncc(-c2ccc(C(F)(F)F)cc2)n1. The molecule has 0 saturated heterocycles. The quantitative estimate of drug-likeness (QED) is 0.482. The Morgan fingerprint density at radius 1 is 1.12 bits per heavy atom. The third-order valence-corrected chi connectivity index (χ3v) is 4.91. The molecular formula is C24H23F3N3O3-. The Labute approximate surface area is 189 Å². The van der Waals surface area contributed by atoms with Gasteiger partial charge in [-0.05, 0) is 42.7 Å². The molecule has 0 N–H and O–H groups in total. The Hall–Kier alpha value is -3.62. The Balaban J connectivity index is 1.81. The zero-order valence-corrected chi connectivity index (χ0v) is 18.2. The van der Waals surface area contributed by atoms with Crippen molar-refractivity contribution >= 4 is 11.8 Å². The van der Waals surface area contributed by atoms with Crippen molar-refractivity contribution in [1.82, 2.24) is 9.97 Å². The summed E-state index contributed by atoms with van der Waals surface area (Å²) >= 11 is 0. The van der Waals surface area contributed by atoms with Gasteiger partial charge in [-0.2, -0.15) is 13.2 Å². The molecule has 3 aromatic rings. The molecule has 0 spiro atoms. The molecule has 0 fully saturated rings. The first-order chi connectivity index (χ1) is 15.7. The number of halogens is 3. The minimum atomic E-state index is -4.40. The average Bonchev–Trinajstić information content (AvgIpc) is 2.78. The number of aryl methyl sites for hydroxylation is 1. The first-order valence-corrected chi connectivity index (χ1v) is 10.3. The third kappa shape index (κ3) is 6.44. The van der Waals surface area contributed by atoms with Crippen molar-refractivity contribution in [3.8, 4) is 17.0 Å². The van der Waals surface area contributed by atoms with Crippen molar-refractivity contribution < 1.29 is 27.8 Å². The molecule has 0 bridgehead atoms. The second-order valence-electron chi connectivity index (χ2n) is 7.52. The van der Waals surface area contributed by atoms with Crippen LogP contribution in [0.15, 0.2) is 54.9 Å². The number of alkyl halides is 3. The summed E-state index contributed by atoms with van der Waals surface area (Å²) in [5, 5.41) is 10.6. The zero-order chi connectivity index (χ0) is 24.0. The molecule has 0 amide bonds. The van der Waals surface area contributed by atoms with Crippen LogP contribution in [-0.2, 0) is 17.5 Å². The van der Waals surface area contributed by atoms with Gasteiger partial charge >= 0.3 is 6.18 Å². The van der Waals surface area contributed by atoms with Crippen LogP contribution in [0, 0.1) is 6.92 Å². The third-order valence-electron chi connectivity index (χ3n) is 4.91. The Morgan fingerprint density at radius 3 is 2.45 bits per heavy atom. The van der Waals surface area contributed by atoms with E-state index in [4.69, 9.17) is 4.74 Å². The van der Waals surface area contributed by atoms with Crippen LogP contribution in [0.2, 0.25) is 0 Å². The topological polar surface area (TPSA) is 78.4 Å². The molecule has 0 radical (unpaired) electrons. The maximum absolute atomic E-state index is 12.8. The first kappa shape index (κ1) is 24.0. The van der Waals surface area contributed by atoms with Gasteiger partial charge in [-0.3, -0.25) is 4.98 Å². The van der Waals surface area contributed by atoms with Crippen LogP contribution >= 0.6 is 0 Å². The monoisotopic (exact) mass is 458 g/mol. The van der Waals surface area contributed by atoms with Gasteiger partial charge in [0.05, 0.1) is 29.6 Å². The van der Waals surface area contributed by atoms with Crippen LogP contribution in [0.4, 0.5) is 19.0 Å². The summed E-state index contributed by atoms with van der Waals surface area (Å²) in [6.07, 6.45) is -0.414. The van der Waals surface area contributed by atoms with Crippen molar-refractivity contribution in [3.05, 3.63) is 71.5 Å². The number of anilines is 1. The van der Waals surface area contributed by atoms with Gasteiger partial charge in [-0.15, -0.1) is 0 Å².